The third-order valence-corrected chi connectivity index (χ3v) is 2.74. The summed E-state index contributed by atoms with van der Waals surface area (Å²) in [5.74, 6) is 0.204. The number of pyridine rings is 1. The van der Waals surface area contributed by atoms with E-state index < -0.39 is 5.60 Å². The van der Waals surface area contributed by atoms with Crippen molar-refractivity contribution in [2.75, 3.05) is 6.61 Å². The summed E-state index contributed by atoms with van der Waals surface area (Å²) in [6, 6.07) is 1.65. The largest absolute Gasteiger partial charge is 0.490 e. The van der Waals surface area contributed by atoms with E-state index in [0.29, 0.717) is 17.9 Å². The van der Waals surface area contributed by atoms with Gasteiger partial charge in [0, 0.05) is 11.6 Å². The zero-order valence-electron chi connectivity index (χ0n) is 11.5. The number of ether oxygens (including phenoxy) is 2. The fraction of sp³-hybridized carbons (Fsp3) is 0.571. The van der Waals surface area contributed by atoms with E-state index in [1.807, 2.05) is 34.6 Å². The van der Waals surface area contributed by atoms with Gasteiger partial charge in [0.2, 0.25) is 0 Å². The number of carbonyl (C=O) groups is 1. The van der Waals surface area contributed by atoms with E-state index in [0.717, 1.165) is 5.69 Å². The predicted molar refractivity (Wildman–Crippen MR) is 67.9 cm³/mol. The molecule has 98 valence electrons. The lowest BCUT2D eigenvalue weighted by Gasteiger charge is -2.20. The van der Waals surface area contributed by atoms with Gasteiger partial charge in [-0.25, -0.2) is 4.79 Å². The Bertz CT molecular complexity index is 486. The highest BCUT2D eigenvalue weighted by Crippen LogP contribution is 2.39. The van der Waals surface area contributed by atoms with E-state index in [2.05, 4.69) is 4.98 Å². The number of carbonyl (C=O) groups excluding carboxylic acids is 1. The first kappa shape index (κ1) is 12.9. The molecule has 1 aliphatic heterocycles. The fourth-order valence-electron chi connectivity index (χ4n) is 1.89. The van der Waals surface area contributed by atoms with Gasteiger partial charge in [-0.3, -0.25) is 4.98 Å². The summed E-state index contributed by atoms with van der Waals surface area (Å²) in [4.78, 5) is 16.4. The van der Waals surface area contributed by atoms with E-state index in [9.17, 15) is 4.79 Å². The molecule has 1 aromatic rings. The molecule has 2 heterocycles. The maximum atomic E-state index is 12.1. The van der Waals surface area contributed by atoms with Gasteiger partial charge >= 0.3 is 5.97 Å². The Kier molecular flexibility index (Phi) is 2.84. The van der Waals surface area contributed by atoms with Crippen molar-refractivity contribution in [2.45, 2.75) is 45.6 Å². The maximum absolute atomic E-state index is 12.1. The number of aromatic nitrogens is 1. The lowest BCUT2D eigenvalue weighted by atomic mass is 9.91. The molecule has 0 atom stereocenters. The zero-order valence-corrected chi connectivity index (χ0v) is 11.5. The lowest BCUT2D eigenvalue weighted by molar-refractivity contribution is 0.00662. The van der Waals surface area contributed by atoms with Gasteiger partial charge in [-0.1, -0.05) is 13.8 Å². The third kappa shape index (κ3) is 2.33. The number of hydrogen-bond donors (Lipinski definition) is 0. The highest BCUT2D eigenvalue weighted by atomic mass is 16.6. The highest BCUT2D eigenvalue weighted by molar-refractivity contribution is 5.93. The molecule has 0 radical (unpaired) electrons. The average molecular weight is 249 g/mol. The first-order chi connectivity index (χ1) is 8.21. The molecular formula is C14H19NO3. The SMILES string of the molecule is CC(C)(C)OC(=O)c1ccnc2c1OCC2(C)C. The van der Waals surface area contributed by atoms with Crippen molar-refractivity contribution >= 4 is 5.97 Å². The summed E-state index contributed by atoms with van der Waals surface area (Å²) in [5, 5.41) is 0. The summed E-state index contributed by atoms with van der Waals surface area (Å²) < 4.78 is 11.0. The van der Waals surface area contributed by atoms with Crippen LogP contribution in [0.25, 0.3) is 0 Å². The smallest absolute Gasteiger partial charge is 0.342 e. The first-order valence-electron chi connectivity index (χ1n) is 6.06. The van der Waals surface area contributed by atoms with Gasteiger partial charge in [0.15, 0.2) is 5.75 Å². The van der Waals surface area contributed by atoms with Crippen LogP contribution in [0.3, 0.4) is 0 Å². The van der Waals surface area contributed by atoms with Gasteiger partial charge in [0.25, 0.3) is 0 Å². The summed E-state index contributed by atoms with van der Waals surface area (Å²) >= 11 is 0. The topological polar surface area (TPSA) is 48.4 Å². The Balaban J connectivity index is 2.37. The first-order valence-corrected chi connectivity index (χ1v) is 6.06. The Hall–Kier alpha value is -1.58. The molecule has 4 heteroatoms. The van der Waals surface area contributed by atoms with E-state index in [4.69, 9.17) is 9.47 Å². The lowest BCUT2D eigenvalue weighted by Crippen LogP contribution is -2.24. The fourth-order valence-corrected chi connectivity index (χ4v) is 1.89. The molecule has 0 N–H and O–H groups in total. The molecule has 0 spiro atoms. The summed E-state index contributed by atoms with van der Waals surface area (Å²) in [6.45, 7) is 10.2. The van der Waals surface area contributed by atoms with Crippen LogP contribution in [0.2, 0.25) is 0 Å². The molecule has 0 saturated heterocycles. The Morgan fingerprint density at radius 3 is 2.72 bits per heavy atom. The molecule has 0 aromatic carbocycles. The predicted octanol–water partition coefficient (Wildman–Crippen LogP) is 2.71. The Morgan fingerprint density at radius 1 is 1.44 bits per heavy atom. The minimum atomic E-state index is -0.513. The highest BCUT2D eigenvalue weighted by Gasteiger charge is 2.37. The van der Waals surface area contributed by atoms with Crippen LogP contribution in [0.1, 0.15) is 50.7 Å². The molecule has 18 heavy (non-hydrogen) atoms. The van der Waals surface area contributed by atoms with Crippen LogP contribution in [-0.4, -0.2) is 23.2 Å². The molecular weight excluding hydrogens is 230 g/mol. The molecule has 2 rings (SSSR count). The number of hydrogen-bond acceptors (Lipinski definition) is 4. The standard InChI is InChI=1S/C14H19NO3/c1-13(2,3)18-12(16)9-6-7-15-11-10(9)17-8-14(11,4)5/h6-7H,8H2,1-5H3. The summed E-state index contributed by atoms with van der Waals surface area (Å²) in [7, 11) is 0. The zero-order chi connectivity index (χ0) is 13.6. The minimum Gasteiger partial charge on any atom is -0.490 e. The third-order valence-electron chi connectivity index (χ3n) is 2.74. The monoisotopic (exact) mass is 249 g/mol. The number of fused-ring (bicyclic) bond motifs is 1. The molecule has 4 nitrogen and oxygen atoms in total. The van der Waals surface area contributed by atoms with Crippen LogP contribution in [0, 0.1) is 0 Å². The molecule has 1 aliphatic rings. The van der Waals surface area contributed by atoms with E-state index in [1.165, 1.54) is 0 Å². The van der Waals surface area contributed by atoms with Crippen LogP contribution in [0.4, 0.5) is 0 Å². The van der Waals surface area contributed by atoms with Crippen LogP contribution in [0.15, 0.2) is 12.3 Å². The molecule has 0 aliphatic carbocycles. The number of nitrogens with zero attached hydrogens (tertiary/aromatic N) is 1. The van der Waals surface area contributed by atoms with Gasteiger partial charge in [-0.05, 0) is 26.8 Å². The number of esters is 1. The van der Waals surface area contributed by atoms with Crippen LogP contribution in [-0.2, 0) is 10.2 Å². The van der Waals surface area contributed by atoms with Gasteiger partial charge in [0.05, 0.1) is 12.3 Å². The van der Waals surface area contributed by atoms with Crippen LogP contribution >= 0.6 is 0 Å². The molecule has 0 amide bonds. The maximum Gasteiger partial charge on any atom is 0.342 e. The van der Waals surface area contributed by atoms with E-state index in [-0.39, 0.29) is 11.4 Å². The van der Waals surface area contributed by atoms with Crippen LogP contribution < -0.4 is 4.74 Å². The van der Waals surface area contributed by atoms with Crippen molar-refractivity contribution in [1.29, 1.82) is 0 Å². The normalized spacial score (nSPS) is 16.9. The van der Waals surface area contributed by atoms with Crippen molar-refractivity contribution in [2.24, 2.45) is 0 Å². The van der Waals surface area contributed by atoms with Gasteiger partial charge < -0.3 is 9.47 Å². The second-order valence-electron chi connectivity index (χ2n) is 6.21. The second kappa shape index (κ2) is 3.97. The van der Waals surface area contributed by atoms with Gasteiger partial charge in [-0.15, -0.1) is 0 Å². The summed E-state index contributed by atoms with van der Waals surface area (Å²) in [6.07, 6.45) is 1.63. The van der Waals surface area contributed by atoms with Crippen molar-refractivity contribution in [3.63, 3.8) is 0 Å². The van der Waals surface area contributed by atoms with Crippen molar-refractivity contribution in [3.05, 3.63) is 23.5 Å². The Morgan fingerprint density at radius 2 is 2.11 bits per heavy atom. The molecule has 1 aromatic heterocycles. The van der Waals surface area contributed by atoms with Crippen molar-refractivity contribution in [1.82, 2.24) is 4.98 Å². The second-order valence-corrected chi connectivity index (χ2v) is 6.21. The van der Waals surface area contributed by atoms with Crippen molar-refractivity contribution in [3.8, 4) is 5.75 Å². The molecule has 0 bridgehead atoms. The van der Waals surface area contributed by atoms with E-state index in [1.54, 1.807) is 12.3 Å². The van der Waals surface area contributed by atoms with Crippen molar-refractivity contribution < 1.29 is 14.3 Å². The van der Waals surface area contributed by atoms with Gasteiger partial charge in [-0.2, -0.15) is 0 Å². The number of rotatable bonds is 1. The minimum absolute atomic E-state index is 0.159. The molecule has 0 fully saturated rings. The molecule has 0 unspecified atom stereocenters. The summed E-state index contributed by atoms with van der Waals surface area (Å²) in [5.41, 5.74) is 0.612. The molecule has 0 saturated carbocycles. The Labute approximate surface area is 107 Å². The average Bonchev–Trinajstić information content (AvgIpc) is 2.52. The quantitative estimate of drug-likeness (QED) is 0.718. The van der Waals surface area contributed by atoms with Crippen LogP contribution in [0.5, 0.6) is 5.75 Å². The van der Waals surface area contributed by atoms with E-state index >= 15 is 0 Å². The van der Waals surface area contributed by atoms with Gasteiger partial charge in [0.1, 0.15) is 11.2 Å².